The summed E-state index contributed by atoms with van der Waals surface area (Å²) in [4.78, 5) is 11.8. The normalized spacial score (nSPS) is 10.5. The fourth-order valence-electron chi connectivity index (χ4n) is 1.43. The van der Waals surface area contributed by atoms with Gasteiger partial charge in [-0.25, -0.2) is 0 Å². The average molecular weight is 220 g/mol. The largest absolute Gasteiger partial charge is 0.352 e. The SMILES string of the molecule is CC(C)CNC(=O)c1cccc(CCN)c1. The van der Waals surface area contributed by atoms with Gasteiger partial charge in [0, 0.05) is 12.1 Å². The molecule has 0 aliphatic carbocycles. The van der Waals surface area contributed by atoms with Gasteiger partial charge in [0.1, 0.15) is 0 Å². The first-order valence-electron chi connectivity index (χ1n) is 5.70. The molecule has 0 spiro atoms. The Balaban J connectivity index is 2.64. The molecule has 3 heteroatoms. The van der Waals surface area contributed by atoms with E-state index in [0.717, 1.165) is 12.0 Å². The summed E-state index contributed by atoms with van der Waals surface area (Å²) in [5.41, 5.74) is 7.31. The molecule has 0 radical (unpaired) electrons. The molecular weight excluding hydrogens is 200 g/mol. The number of nitrogens with one attached hydrogen (secondary N) is 1. The molecule has 3 N–H and O–H groups in total. The lowest BCUT2D eigenvalue weighted by molar-refractivity contribution is 0.0949. The standard InChI is InChI=1S/C13H20N2O/c1-10(2)9-15-13(16)12-5-3-4-11(8-12)6-7-14/h3-5,8,10H,6-7,9,14H2,1-2H3,(H,15,16). The molecule has 88 valence electrons. The molecule has 0 heterocycles. The quantitative estimate of drug-likeness (QED) is 0.791. The van der Waals surface area contributed by atoms with Crippen molar-refractivity contribution in [1.82, 2.24) is 5.32 Å². The van der Waals surface area contributed by atoms with Gasteiger partial charge in [-0.05, 0) is 36.6 Å². The lowest BCUT2D eigenvalue weighted by Crippen LogP contribution is -2.27. The smallest absolute Gasteiger partial charge is 0.251 e. The number of nitrogens with two attached hydrogens (primary N) is 1. The Labute approximate surface area is 97.0 Å². The van der Waals surface area contributed by atoms with Crippen molar-refractivity contribution in [3.05, 3.63) is 35.4 Å². The summed E-state index contributed by atoms with van der Waals surface area (Å²) in [5, 5.41) is 2.90. The van der Waals surface area contributed by atoms with E-state index in [1.807, 2.05) is 24.3 Å². The molecule has 0 saturated heterocycles. The van der Waals surface area contributed by atoms with Crippen molar-refractivity contribution in [2.24, 2.45) is 11.7 Å². The highest BCUT2D eigenvalue weighted by atomic mass is 16.1. The third-order valence-corrected chi connectivity index (χ3v) is 2.29. The fourth-order valence-corrected chi connectivity index (χ4v) is 1.43. The van der Waals surface area contributed by atoms with Gasteiger partial charge in [0.25, 0.3) is 5.91 Å². The van der Waals surface area contributed by atoms with Crippen LogP contribution in [0.2, 0.25) is 0 Å². The Morgan fingerprint density at radius 3 is 2.81 bits per heavy atom. The van der Waals surface area contributed by atoms with Crippen LogP contribution in [-0.2, 0) is 6.42 Å². The van der Waals surface area contributed by atoms with Crippen molar-refractivity contribution in [3.8, 4) is 0 Å². The maximum atomic E-state index is 11.8. The first kappa shape index (κ1) is 12.7. The molecule has 1 amide bonds. The molecular formula is C13H20N2O. The van der Waals surface area contributed by atoms with E-state index in [1.54, 1.807) is 0 Å². The molecule has 0 aliphatic rings. The number of carbonyl (C=O) groups is 1. The second-order valence-corrected chi connectivity index (χ2v) is 4.34. The van der Waals surface area contributed by atoms with E-state index in [4.69, 9.17) is 5.73 Å². The van der Waals surface area contributed by atoms with Crippen LogP contribution >= 0.6 is 0 Å². The Morgan fingerprint density at radius 1 is 1.44 bits per heavy atom. The van der Waals surface area contributed by atoms with Crippen molar-refractivity contribution in [2.45, 2.75) is 20.3 Å². The molecule has 1 aromatic carbocycles. The summed E-state index contributed by atoms with van der Waals surface area (Å²) in [6.45, 7) is 5.47. The maximum Gasteiger partial charge on any atom is 0.251 e. The second-order valence-electron chi connectivity index (χ2n) is 4.34. The van der Waals surface area contributed by atoms with Gasteiger partial charge in [-0.2, -0.15) is 0 Å². The molecule has 1 aromatic rings. The molecule has 0 aliphatic heterocycles. The van der Waals surface area contributed by atoms with Crippen LogP contribution in [0.25, 0.3) is 0 Å². The van der Waals surface area contributed by atoms with Crippen LogP contribution in [0.1, 0.15) is 29.8 Å². The minimum Gasteiger partial charge on any atom is -0.352 e. The number of rotatable bonds is 5. The summed E-state index contributed by atoms with van der Waals surface area (Å²) in [5.74, 6) is 0.462. The molecule has 1 rings (SSSR count). The zero-order chi connectivity index (χ0) is 12.0. The van der Waals surface area contributed by atoms with Crippen LogP contribution in [0.4, 0.5) is 0 Å². The highest BCUT2D eigenvalue weighted by Gasteiger charge is 2.06. The molecule has 0 fully saturated rings. The summed E-state index contributed by atoms with van der Waals surface area (Å²) in [7, 11) is 0. The maximum absolute atomic E-state index is 11.8. The summed E-state index contributed by atoms with van der Waals surface area (Å²) < 4.78 is 0. The summed E-state index contributed by atoms with van der Waals surface area (Å²) in [6, 6.07) is 7.62. The van der Waals surface area contributed by atoms with E-state index in [1.165, 1.54) is 0 Å². The number of amides is 1. The summed E-state index contributed by atoms with van der Waals surface area (Å²) >= 11 is 0. The summed E-state index contributed by atoms with van der Waals surface area (Å²) in [6.07, 6.45) is 0.811. The third-order valence-electron chi connectivity index (χ3n) is 2.29. The lowest BCUT2D eigenvalue weighted by Gasteiger charge is -2.08. The van der Waals surface area contributed by atoms with E-state index in [0.29, 0.717) is 24.6 Å². The lowest BCUT2D eigenvalue weighted by atomic mass is 10.1. The van der Waals surface area contributed by atoms with Crippen LogP contribution in [0.5, 0.6) is 0 Å². The van der Waals surface area contributed by atoms with Crippen molar-refractivity contribution < 1.29 is 4.79 Å². The zero-order valence-electron chi connectivity index (χ0n) is 9.99. The van der Waals surface area contributed by atoms with Crippen molar-refractivity contribution in [3.63, 3.8) is 0 Å². The van der Waals surface area contributed by atoms with E-state index in [-0.39, 0.29) is 5.91 Å². The minimum atomic E-state index is -0.00688. The van der Waals surface area contributed by atoms with E-state index >= 15 is 0 Å². The van der Waals surface area contributed by atoms with Crippen molar-refractivity contribution in [1.29, 1.82) is 0 Å². The van der Waals surface area contributed by atoms with Crippen LogP contribution in [0.15, 0.2) is 24.3 Å². The van der Waals surface area contributed by atoms with Gasteiger partial charge in [-0.15, -0.1) is 0 Å². The van der Waals surface area contributed by atoms with Crippen LogP contribution < -0.4 is 11.1 Å². The van der Waals surface area contributed by atoms with E-state index < -0.39 is 0 Å². The monoisotopic (exact) mass is 220 g/mol. The zero-order valence-corrected chi connectivity index (χ0v) is 9.99. The Hall–Kier alpha value is -1.35. The number of hydrogen-bond acceptors (Lipinski definition) is 2. The highest BCUT2D eigenvalue weighted by Crippen LogP contribution is 2.05. The molecule has 0 saturated carbocycles. The molecule has 16 heavy (non-hydrogen) atoms. The molecule has 3 nitrogen and oxygen atoms in total. The number of hydrogen-bond donors (Lipinski definition) is 2. The van der Waals surface area contributed by atoms with Crippen LogP contribution in [0.3, 0.4) is 0 Å². The number of benzene rings is 1. The second kappa shape index (κ2) is 6.28. The van der Waals surface area contributed by atoms with Crippen molar-refractivity contribution >= 4 is 5.91 Å². The fraction of sp³-hybridized carbons (Fsp3) is 0.462. The first-order valence-corrected chi connectivity index (χ1v) is 5.70. The van der Waals surface area contributed by atoms with Gasteiger partial charge >= 0.3 is 0 Å². The topological polar surface area (TPSA) is 55.1 Å². The third kappa shape index (κ3) is 4.03. The average Bonchev–Trinajstić information content (AvgIpc) is 2.26. The van der Waals surface area contributed by atoms with Gasteiger partial charge in [-0.1, -0.05) is 26.0 Å². The van der Waals surface area contributed by atoms with Gasteiger partial charge in [0.15, 0.2) is 0 Å². The molecule has 0 aromatic heterocycles. The van der Waals surface area contributed by atoms with E-state index in [2.05, 4.69) is 19.2 Å². The van der Waals surface area contributed by atoms with E-state index in [9.17, 15) is 4.79 Å². The van der Waals surface area contributed by atoms with Gasteiger partial charge in [0.2, 0.25) is 0 Å². The predicted molar refractivity (Wildman–Crippen MR) is 66.4 cm³/mol. The number of carbonyl (C=O) groups excluding carboxylic acids is 1. The Morgan fingerprint density at radius 2 is 2.19 bits per heavy atom. The van der Waals surface area contributed by atoms with Crippen LogP contribution in [-0.4, -0.2) is 19.0 Å². The molecule has 0 atom stereocenters. The van der Waals surface area contributed by atoms with Gasteiger partial charge in [0.05, 0.1) is 0 Å². The van der Waals surface area contributed by atoms with Crippen LogP contribution in [0, 0.1) is 5.92 Å². The minimum absolute atomic E-state index is 0.00688. The molecule has 0 unspecified atom stereocenters. The van der Waals surface area contributed by atoms with Gasteiger partial charge in [-0.3, -0.25) is 4.79 Å². The highest BCUT2D eigenvalue weighted by molar-refractivity contribution is 5.94. The Bertz CT molecular complexity index is 348. The predicted octanol–water partition coefficient (Wildman–Crippen LogP) is 1.57. The first-order chi connectivity index (χ1) is 7.63. The van der Waals surface area contributed by atoms with Crippen molar-refractivity contribution in [2.75, 3.05) is 13.1 Å². The Kier molecular flexibility index (Phi) is 4.99. The van der Waals surface area contributed by atoms with Gasteiger partial charge < -0.3 is 11.1 Å². The molecule has 0 bridgehead atoms.